The fourth-order valence-corrected chi connectivity index (χ4v) is 2.47. The van der Waals surface area contributed by atoms with Crippen molar-refractivity contribution in [3.63, 3.8) is 0 Å². The molecule has 0 saturated carbocycles. The zero-order chi connectivity index (χ0) is 17.0. The SMILES string of the molecule is C[C@H](COc1ccc(C(C)(C)C)cc1)NC(=O)[C@H]1CCC(=O)N1. The van der Waals surface area contributed by atoms with Gasteiger partial charge in [-0.2, -0.15) is 0 Å². The van der Waals surface area contributed by atoms with E-state index in [0.717, 1.165) is 5.75 Å². The summed E-state index contributed by atoms with van der Waals surface area (Å²) in [7, 11) is 0. The molecule has 2 atom stereocenters. The minimum Gasteiger partial charge on any atom is -0.491 e. The molecule has 1 aliphatic rings. The molecule has 23 heavy (non-hydrogen) atoms. The van der Waals surface area contributed by atoms with Crippen LogP contribution in [0.25, 0.3) is 0 Å². The van der Waals surface area contributed by atoms with Crippen molar-refractivity contribution in [1.82, 2.24) is 10.6 Å². The summed E-state index contributed by atoms with van der Waals surface area (Å²) in [5, 5.41) is 5.53. The molecule has 1 fully saturated rings. The van der Waals surface area contributed by atoms with Gasteiger partial charge < -0.3 is 15.4 Å². The first-order valence-electron chi connectivity index (χ1n) is 8.09. The summed E-state index contributed by atoms with van der Waals surface area (Å²) in [5.74, 6) is 0.580. The highest BCUT2D eigenvalue weighted by atomic mass is 16.5. The second-order valence-electron chi connectivity index (χ2n) is 7.15. The second-order valence-corrected chi connectivity index (χ2v) is 7.15. The summed E-state index contributed by atoms with van der Waals surface area (Å²) in [6.07, 6.45) is 0.982. The Labute approximate surface area is 137 Å². The van der Waals surface area contributed by atoms with Gasteiger partial charge in [0, 0.05) is 6.42 Å². The third-order valence-corrected chi connectivity index (χ3v) is 3.92. The molecular formula is C18H26N2O3. The average molecular weight is 318 g/mol. The van der Waals surface area contributed by atoms with Crippen LogP contribution in [0.4, 0.5) is 0 Å². The van der Waals surface area contributed by atoms with E-state index in [1.165, 1.54) is 5.56 Å². The number of carbonyl (C=O) groups is 2. The number of hydrogen-bond donors (Lipinski definition) is 2. The number of ether oxygens (including phenoxy) is 1. The Bertz CT molecular complexity index is 561. The zero-order valence-electron chi connectivity index (χ0n) is 14.3. The van der Waals surface area contributed by atoms with Gasteiger partial charge in [-0.05, 0) is 36.5 Å². The predicted octanol–water partition coefficient (Wildman–Crippen LogP) is 2.15. The standard InChI is InChI=1S/C18H26N2O3/c1-12(19-17(22)15-9-10-16(21)20-15)11-23-14-7-5-13(6-8-14)18(2,3)4/h5-8,12,15H,9-11H2,1-4H3,(H,19,22)(H,20,21)/t12-,15-/m1/s1. The van der Waals surface area contributed by atoms with Crippen molar-refractivity contribution >= 4 is 11.8 Å². The minimum absolute atomic E-state index is 0.0620. The van der Waals surface area contributed by atoms with E-state index < -0.39 is 6.04 Å². The molecule has 0 aliphatic carbocycles. The van der Waals surface area contributed by atoms with E-state index in [2.05, 4.69) is 43.5 Å². The van der Waals surface area contributed by atoms with E-state index in [4.69, 9.17) is 4.74 Å². The van der Waals surface area contributed by atoms with Crippen LogP contribution in [0.2, 0.25) is 0 Å². The molecule has 0 aromatic heterocycles. The van der Waals surface area contributed by atoms with Crippen LogP contribution in [0.3, 0.4) is 0 Å². The first kappa shape index (κ1) is 17.3. The van der Waals surface area contributed by atoms with E-state index in [1.807, 2.05) is 19.1 Å². The molecule has 1 aromatic carbocycles. The molecule has 2 rings (SSSR count). The minimum atomic E-state index is -0.406. The summed E-state index contributed by atoms with van der Waals surface area (Å²) in [6.45, 7) is 8.78. The van der Waals surface area contributed by atoms with Gasteiger partial charge in [-0.3, -0.25) is 9.59 Å². The lowest BCUT2D eigenvalue weighted by Gasteiger charge is -2.20. The van der Waals surface area contributed by atoms with Crippen molar-refractivity contribution in [1.29, 1.82) is 0 Å². The monoisotopic (exact) mass is 318 g/mol. The van der Waals surface area contributed by atoms with E-state index in [9.17, 15) is 9.59 Å². The zero-order valence-corrected chi connectivity index (χ0v) is 14.3. The molecule has 1 heterocycles. The summed E-state index contributed by atoms with van der Waals surface area (Å²) in [4.78, 5) is 23.1. The van der Waals surface area contributed by atoms with E-state index in [1.54, 1.807) is 0 Å². The topological polar surface area (TPSA) is 67.4 Å². The highest BCUT2D eigenvalue weighted by Crippen LogP contribution is 2.24. The van der Waals surface area contributed by atoms with Crippen molar-refractivity contribution in [2.24, 2.45) is 0 Å². The Hall–Kier alpha value is -2.04. The fraction of sp³-hybridized carbons (Fsp3) is 0.556. The third-order valence-electron chi connectivity index (χ3n) is 3.92. The molecule has 2 amide bonds. The van der Waals surface area contributed by atoms with E-state index >= 15 is 0 Å². The van der Waals surface area contributed by atoms with Gasteiger partial charge in [0.1, 0.15) is 18.4 Å². The Morgan fingerprint density at radius 1 is 1.35 bits per heavy atom. The number of rotatable bonds is 5. The smallest absolute Gasteiger partial charge is 0.242 e. The molecule has 2 N–H and O–H groups in total. The number of amides is 2. The van der Waals surface area contributed by atoms with Gasteiger partial charge in [-0.1, -0.05) is 32.9 Å². The van der Waals surface area contributed by atoms with Gasteiger partial charge in [-0.25, -0.2) is 0 Å². The van der Waals surface area contributed by atoms with Crippen LogP contribution in [0.5, 0.6) is 5.75 Å². The van der Waals surface area contributed by atoms with Crippen molar-refractivity contribution in [2.45, 2.75) is 58.0 Å². The molecule has 0 bridgehead atoms. The van der Waals surface area contributed by atoms with Gasteiger partial charge in [0.05, 0.1) is 6.04 Å². The molecule has 5 nitrogen and oxygen atoms in total. The predicted molar refractivity (Wildman–Crippen MR) is 89.4 cm³/mol. The number of benzene rings is 1. The fourth-order valence-electron chi connectivity index (χ4n) is 2.47. The summed E-state index contributed by atoms with van der Waals surface area (Å²) in [6, 6.07) is 7.50. The van der Waals surface area contributed by atoms with Crippen molar-refractivity contribution in [3.05, 3.63) is 29.8 Å². The third kappa shape index (κ3) is 4.98. The summed E-state index contributed by atoms with van der Waals surface area (Å²) < 4.78 is 5.72. The number of nitrogens with one attached hydrogen (secondary N) is 2. The lowest BCUT2D eigenvalue weighted by molar-refractivity contribution is -0.126. The molecule has 126 valence electrons. The molecule has 0 radical (unpaired) electrons. The van der Waals surface area contributed by atoms with Crippen LogP contribution in [0, 0.1) is 0 Å². The quantitative estimate of drug-likeness (QED) is 0.874. The van der Waals surface area contributed by atoms with Crippen LogP contribution in [0.15, 0.2) is 24.3 Å². The van der Waals surface area contributed by atoms with Gasteiger partial charge >= 0.3 is 0 Å². The van der Waals surface area contributed by atoms with E-state index in [-0.39, 0.29) is 23.3 Å². The first-order valence-corrected chi connectivity index (χ1v) is 8.09. The summed E-state index contributed by atoms with van der Waals surface area (Å²) >= 11 is 0. The molecule has 1 saturated heterocycles. The maximum atomic E-state index is 12.0. The molecular weight excluding hydrogens is 292 g/mol. The van der Waals surface area contributed by atoms with E-state index in [0.29, 0.717) is 19.4 Å². The normalized spacial score (nSPS) is 19.1. The maximum Gasteiger partial charge on any atom is 0.242 e. The van der Waals surface area contributed by atoms with Gasteiger partial charge in [0.2, 0.25) is 11.8 Å². The van der Waals surface area contributed by atoms with Gasteiger partial charge in [0.25, 0.3) is 0 Å². The second kappa shape index (κ2) is 7.02. The average Bonchev–Trinajstić information content (AvgIpc) is 2.91. The molecule has 1 aliphatic heterocycles. The Balaban J connectivity index is 1.79. The van der Waals surface area contributed by atoms with Crippen LogP contribution < -0.4 is 15.4 Å². The number of carbonyl (C=O) groups excluding carboxylic acids is 2. The van der Waals surface area contributed by atoms with Crippen molar-refractivity contribution < 1.29 is 14.3 Å². The molecule has 0 unspecified atom stereocenters. The largest absolute Gasteiger partial charge is 0.491 e. The van der Waals surface area contributed by atoms with Crippen LogP contribution in [-0.4, -0.2) is 30.5 Å². The van der Waals surface area contributed by atoms with Crippen molar-refractivity contribution in [3.8, 4) is 5.75 Å². The molecule has 5 heteroatoms. The van der Waals surface area contributed by atoms with Crippen LogP contribution >= 0.6 is 0 Å². The maximum absolute atomic E-state index is 12.0. The van der Waals surface area contributed by atoms with Crippen molar-refractivity contribution in [2.75, 3.05) is 6.61 Å². The highest BCUT2D eigenvalue weighted by molar-refractivity contribution is 5.90. The number of hydrogen-bond acceptors (Lipinski definition) is 3. The molecule has 1 aromatic rings. The first-order chi connectivity index (χ1) is 10.8. The highest BCUT2D eigenvalue weighted by Gasteiger charge is 2.27. The van der Waals surface area contributed by atoms with Crippen LogP contribution in [0.1, 0.15) is 46.1 Å². The Morgan fingerprint density at radius 3 is 2.52 bits per heavy atom. The van der Waals surface area contributed by atoms with Crippen LogP contribution in [-0.2, 0) is 15.0 Å². The lowest BCUT2D eigenvalue weighted by atomic mass is 9.87. The van der Waals surface area contributed by atoms with Gasteiger partial charge in [-0.15, -0.1) is 0 Å². The van der Waals surface area contributed by atoms with Gasteiger partial charge in [0.15, 0.2) is 0 Å². The summed E-state index contributed by atoms with van der Waals surface area (Å²) in [5.41, 5.74) is 1.37. The lowest BCUT2D eigenvalue weighted by Crippen LogP contribution is -2.46. The Morgan fingerprint density at radius 2 is 2.00 bits per heavy atom. The molecule has 0 spiro atoms. The Kier molecular flexibility index (Phi) is 5.29.